The number of carbonyl (C=O) groups is 2. The summed E-state index contributed by atoms with van der Waals surface area (Å²) in [6.45, 7) is 0. The van der Waals surface area contributed by atoms with Crippen LogP contribution in [0.5, 0.6) is 0 Å². The number of hydrogen-bond donors (Lipinski definition) is 2. The number of carbonyl (C=O) groups excluding carboxylic acids is 1. The Morgan fingerprint density at radius 1 is 1.50 bits per heavy atom. The summed E-state index contributed by atoms with van der Waals surface area (Å²) in [5, 5.41) is 11.8. The highest BCUT2D eigenvalue weighted by molar-refractivity contribution is 9.10. The number of rotatable bonds is 3. The van der Waals surface area contributed by atoms with Crippen molar-refractivity contribution in [3.8, 4) is 0 Å². The second-order valence-corrected chi connectivity index (χ2v) is 6.62. The lowest BCUT2D eigenvalue weighted by molar-refractivity contribution is 0.0698. The Hall–Kier alpha value is -1.21. The molecule has 7 heteroatoms. The van der Waals surface area contributed by atoms with E-state index in [0.717, 1.165) is 22.4 Å². The number of nitrogens with one attached hydrogen (secondary N) is 1. The Kier molecular flexibility index (Phi) is 4.93. The van der Waals surface area contributed by atoms with Crippen LogP contribution in [0.15, 0.2) is 22.7 Å². The zero-order valence-corrected chi connectivity index (χ0v) is 13.3. The van der Waals surface area contributed by atoms with Gasteiger partial charge in [0.25, 0.3) is 0 Å². The molecule has 2 rings (SSSR count). The molecule has 1 unspecified atom stereocenters. The highest BCUT2D eigenvalue weighted by Crippen LogP contribution is 2.24. The van der Waals surface area contributed by atoms with E-state index < -0.39 is 5.97 Å². The van der Waals surface area contributed by atoms with Gasteiger partial charge in [-0.25, -0.2) is 9.59 Å². The van der Waals surface area contributed by atoms with Crippen LogP contribution < -0.4 is 5.32 Å². The standard InChI is InChI=1S/C13H15BrN2O3S/c1-16(9-4-5-20-7-9)13(19)15-11-6-8(14)2-3-10(11)12(17)18/h2-3,6,9H,4-5,7H2,1H3,(H,15,19)(H,17,18). The fourth-order valence-corrected chi connectivity index (χ4v) is 3.63. The fraction of sp³-hybridized carbons (Fsp3) is 0.385. The minimum atomic E-state index is -1.06. The Morgan fingerprint density at radius 2 is 2.25 bits per heavy atom. The molecule has 1 fully saturated rings. The summed E-state index contributed by atoms with van der Waals surface area (Å²) in [5.74, 6) is 0.917. The van der Waals surface area contributed by atoms with E-state index in [9.17, 15) is 9.59 Å². The zero-order valence-electron chi connectivity index (χ0n) is 10.9. The third kappa shape index (κ3) is 3.46. The molecule has 1 aliphatic heterocycles. The molecule has 108 valence electrons. The molecule has 0 saturated carbocycles. The van der Waals surface area contributed by atoms with Crippen LogP contribution in [0.1, 0.15) is 16.8 Å². The number of anilines is 1. The summed E-state index contributed by atoms with van der Waals surface area (Å²) in [5.41, 5.74) is 0.380. The van der Waals surface area contributed by atoms with E-state index >= 15 is 0 Å². The van der Waals surface area contributed by atoms with E-state index in [4.69, 9.17) is 5.11 Å². The molecule has 0 radical (unpaired) electrons. The molecule has 0 bridgehead atoms. The smallest absolute Gasteiger partial charge is 0.337 e. The molecule has 1 heterocycles. The molecule has 1 aliphatic rings. The highest BCUT2D eigenvalue weighted by Gasteiger charge is 2.24. The summed E-state index contributed by atoms with van der Waals surface area (Å²) in [4.78, 5) is 25.0. The molecule has 1 aromatic rings. The van der Waals surface area contributed by atoms with Gasteiger partial charge in [-0.3, -0.25) is 0 Å². The van der Waals surface area contributed by atoms with Gasteiger partial charge < -0.3 is 15.3 Å². The lowest BCUT2D eigenvalue weighted by Gasteiger charge is -2.24. The number of amides is 2. The van der Waals surface area contributed by atoms with Crippen molar-refractivity contribution in [1.29, 1.82) is 0 Å². The minimum Gasteiger partial charge on any atom is -0.478 e. The molecule has 0 aliphatic carbocycles. The molecule has 0 spiro atoms. The second-order valence-electron chi connectivity index (χ2n) is 4.55. The predicted octanol–water partition coefficient (Wildman–Crippen LogP) is 3.12. The van der Waals surface area contributed by atoms with Crippen LogP contribution in [0, 0.1) is 0 Å². The van der Waals surface area contributed by atoms with Gasteiger partial charge in [-0.1, -0.05) is 15.9 Å². The first kappa shape index (κ1) is 15.2. The zero-order chi connectivity index (χ0) is 14.7. The van der Waals surface area contributed by atoms with Crippen LogP contribution in [0.2, 0.25) is 0 Å². The van der Waals surface area contributed by atoms with Crippen molar-refractivity contribution in [3.63, 3.8) is 0 Å². The third-order valence-corrected chi connectivity index (χ3v) is 4.87. The quantitative estimate of drug-likeness (QED) is 0.870. The van der Waals surface area contributed by atoms with Crippen LogP contribution in [0.4, 0.5) is 10.5 Å². The van der Waals surface area contributed by atoms with Crippen molar-refractivity contribution in [2.45, 2.75) is 12.5 Å². The average molecular weight is 359 g/mol. The van der Waals surface area contributed by atoms with Gasteiger partial charge in [0.1, 0.15) is 0 Å². The van der Waals surface area contributed by atoms with E-state index in [1.807, 2.05) is 11.8 Å². The maximum Gasteiger partial charge on any atom is 0.337 e. The predicted molar refractivity (Wildman–Crippen MR) is 83.6 cm³/mol. The van der Waals surface area contributed by atoms with Crippen molar-refractivity contribution >= 4 is 45.4 Å². The molecular formula is C13H15BrN2O3S. The Labute approximate surface area is 129 Å². The first-order valence-corrected chi connectivity index (χ1v) is 8.08. The fourth-order valence-electron chi connectivity index (χ4n) is 2.00. The summed E-state index contributed by atoms with van der Waals surface area (Å²) in [6, 6.07) is 4.63. The van der Waals surface area contributed by atoms with Gasteiger partial charge in [-0.05, 0) is 30.4 Å². The number of urea groups is 1. The number of carboxylic acid groups (broad SMARTS) is 1. The third-order valence-electron chi connectivity index (χ3n) is 3.23. The lowest BCUT2D eigenvalue weighted by atomic mass is 10.2. The van der Waals surface area contributed by atoms with Crippen molar-refractivity contribution < 1.29 is 14.7 Å². The highest BCUT2D eigenvalue weighted by atomic mass is 79.9. The van der Waals surface area contributed by atoms with E-state index in [-0.39, 0.29) is 17.6 Å². The summed E-state index contributed by atoms with van der Waals surface area (Å²) >= 11 is 5.10. The maximum absolute atomic E-state index is 12.2. The number of nitrogens with zero attached hydrogens (tertiary/aromatic N) is 1. The summed E-state index contributed by atoms with van der Waals surface area (Å²) < 4.78 is 0.719. The van der Waals surface area contributed by atoms with Gasteiger partial charge in [0.05, 0.1) is 11.3 Å². The minimum absolute atomic E-state index is 0.0794. The number of thioether (sulfide) groups is 1. The molecule has 1 atom stereocenters. The first-order chi connectivity index (χ1) is 9.49. The molecular weight excluding hydrogens is 344 g/mol. The Morgan fingerprint density at radius 3 is 2.85 bits per heavy atom. The lowest BCUT2D eigenvalue weighted by Crippen LogP contribution is -2.40. The van der Waals surface area contributed by atoms with Crippen molar-refractivity contribution in [2.75, 3.05) is 23.9 Å². The average Bonchev–Trinajstić information content (AvgIpc) is 2.91. The summed E-state index contributed by atoms with van der Waals surface area (Å²) in [7, 11) is 1.74. The van der Waals surface area contributed by atoms with E-state index in [0.29, 0.717) is 5.69 Å². The van der Waals surface area contributed by atoms with Crippen molar-refractivity contribution in [2.24, 2.45) is 0 Å². The van der Waals surface area contributed by atoms with E-state index in [1.165, 1.54) is 6.07 Å². The number of carboxylic acids is 1. The molecule has 5 nitrogen and oxygen atoms in total. The Balaban J connectivity index is 2.14. The van der Waals surface area contributed by atoms with Crippen LogP contribution in [0.3, 0.4) is 0 Å². The largest absolute Gasteiger partial charge is 0.478 e. The van der Waals surface area contributed by atoms with Crippen LogP contribution in [0.25, 0.3) is 0 Å². The number of hydrogen-bond acceptors (Lipinski definition) is 3. The molecule has 1 aromatic carbocycles. The number of aromatic carboxylic acids is 1. The molecule has 1 saturated heterocycles. The maximum atomic E-state index is 12.2. The van der Waals surface area contributed by atoms with Crippen LogP contribution in [-0.2, 0) is 0 Å². The van der Waals surface area contributed by atoms with E-state index in [1.54, 1.807) is 24.1 Å². The van der Waals surface area contributed by atoms with Crippen LogP contribution in [-0.4, -0.2) is 46.6 Å². The van der Waals surface area contributed by atoms with Gasteiger partial charge in [-0.2, -0.15) is 11.8 Å². The first-order valence-electron chi connectivity index (χ1n) is 6.13. The van der Waals surface area contributed by atoms with Crippen LogP contribution >= 0.6 is 27.7 Å². The number of benzene rings is 1. The van der Waals surface area contributed by atoms with Gasteiger partial charge in [0.2, 0.25) is 0 Å². The molecule has 2 N–H and O–H groups in total. The molecule has 0 aromatic heterocycles. The normalized spacial score (nSPS) is 17.8. The van der Waals surface area contributed by atoms with Crippen molar-refractivity contribution in [3.05, 3.63) is 28.2 Å². The van der Waals surface area contributed by atoms with Gasteiger partial charge in [-0.15, -0.1) is 0 Å². The monoisotopic (exact) mass is 358 g/mol. The summed E-state index contributed by atoms with van der Waals surface area (Å²) in [6.07, 6.45) is 0.971. The second kappa shape index (κ2) is 6.49. The van der Waals surface area contributed by atoms with Gasteiger partial charge in [0.15, 0.2) is 0 Å². The topological polar surface area (TPSA) is 69.6 Å². The van der Waals surface area contributed by atoms with Gasteiger partial charge >= 0.3 is 12.0 Å². The molecule has 2 amide bonds. The van der Waals surface area contributed by atoms with Gasteiger partial charge in [0, 0.05) is 23.3 Å². The Bertz CT molecular complexity index is 532. The number of halogens is 1. The molecule has 20 heavy (non-hydrogen) atoms. The SMILES string of the molecule is CN(C(=O)Nc1cc(Br)ccc1C(=O)O)C1CCSC1. The van der Waals surface area contributed by atoms with Crippen molar-refractivity contribution in [1.82, 2.24) is 4.90 Å². The van der Waals surface area contributed by atoms with E-state index in [2.05, 4.69) is 21.2 Å².